The van der Waals surface area contributed by atoms with Gasteiger partial charge in [0, 0.05) is 30.2 Å². The van der Waals surface area contributed by atoms with Gasteiger partial charge >= 0.3 is 0 Å². The molecule has 0 aliphatic rings. The Morgan fingerprint density at radius 2 is 2.21 bits per heavy atom. The van der Waals surface area contributed by atoms with E-state index in [0.29, 0.717) is 17.3 Å². The second-order valence-electron chi connectivity index (χ2n) is 4.39. The van der Waals surface area contributed by atoms with Gasteiger partial charge < -0.3 is 15.0 Å². The molecule has 1 aromatic rings. The number of benzene rings is 1. The Morgan fingerprint density at radius 3 is 2.79 bits per heavy atom. The van der Waals surface area contributed by atoms with E-state index >= 15 is 0 Å². The van der Waals surface area contributed by atoms with E-state index in [9.17, 15) is 4.79 Å². The van der Waals surface area contributed by atoms with Crippen molar-refractivity contribution in [3.8, 4) is 5.75 Å². The van der Waals surface area contributed by atoms with Crippen LogP contribution in [0.3, 0.4) is 0 Å². The van der Waals surface area contributed by atoms with Crippen LogP contribution in [-0.2, 0) is 4.79 Å². The number of amides is 1. The number of carbonyl (C=O) groups is 1. The third kappa shape index (κ3) is 4.40. The fourth-order valence-corrected chi connectivity index (χ4v) is 1.75. The molecule has 0 aromatic heterocycles. The van der Waals surface area contributed by atoms with E-state index in [4.69, 9.17) is 16.3 Å². The molecule has 0 saturated heterocycles. The predicted molar refractivity (Wildman–Crippen MR) is 77.7 cm³/mol. The molecule has 106 valence electrons. The maximum absolute atomic E-state index is 11.7. The van der Waals surface area contributed by atoms with Crippen LogP contribution in [0, 0.1) is 0 Å². The lowest BCUT2D eigenvalue weighted by atomic mass is 10.1. The molecular weight excluding hydrogens is 264 g/mol. The number of nitrogens with one attached hydrogen (secondary N) is 1. The summed E-state index contributed by atoms with van der Waals surface area (Å²) in [4.78, 5) is 13.3. The molecule has 1 rings (SSSR count). The third-order valence-electron chi connectivity index (χ3n) is 3.12. The molecule has 0 saturated carbocycles. The van der Waals surface area contributed by atoms with Gasteiger partial charge in [0.2, 0.25) is 0 Å². The van der Waals surface area contributed by atoms with Crippen LogP contribution in [0.4, 0.5) is 0 Å². The summed E-state index contributed by atoms with van der Waals surface area (Å²) in [5.74, 6) is 0.643. The first-order valence-electron chi connectivity index (χ1n) is 6.33. The fraction of sp³-hybridized carbons (Fsp3) is 0.500. The van der Waals surface area contributed by atoms with Crippen LogP contribution >= 0.6 is 11.6 Å². The zero-order chi connectivity index (χ0) is 14.4. The maximum atomic E-state index is 11.7. The van der Waals surface area contributed by atoms with Crippen molar-refractivity contribution in [2.75, 3.05) is 27.2 Å². The van der Waals surface area contributed by atoms with Crippen LogP contribution in [0.15, 0.2) is 18.2 Å². The Bertz CT molecular complexity index is 437. The second-order valence-corrected chi connectivity index (χ2v) is 4.83. The van der Waals surface area contributed by atoms with Gasteiger partial charge in [-0.3, -0.25) is 4.79 Å². The van der Waals surface area contributed by atoms with Crippen molar-refractivity contribution < 1.29 is 9.53 Å². The summed E-state index contributed by atoms with van der Waals surface area (Å²) in [7, 11) is 3.62. The number of rotatable bonds is 6. The zero-order valence-corrected chi connectivity index (χ0v) is 12.6. The molecule has 19 heavy (non-hydrogen) atoms. The van der Waals surface area contributed by atoms with Crippen LogP contribution in [0.1, 0.15) is 25.5 Å². The molecule has 0 fully saturated rings. The van der Waals surface area contributed by atoms with Crippen LogP contribution in [0.5, 0.6) is 5.75 Å². The second kappa shape index (κ2) is 7.36. The van der Waals surface area contributed by atoms with Crippen molar-refractivity contribution in [1.29, 1.82) is 0 Å². The summed E-state index contributed by atoms with van der Waals surface area (Å²) in [6.07, 6.45) is 0. The van der Waals surface area contributed by atoms with Gasteiger partial charge in [0.25, 0.3) is 5.91 Å². The third-order valence-corrected chi connectivity index (χ3v) is 3.36. The van der Waals surface area contributed by atoms with Crippen molar-refractivity contribution in [3.63, 3.8) is 0 Å². The molecule has 1 amide bonds. The summed E-state index contributed by atoms with van der Waals surface area (Å²) in [6, 6.07) is 5.51. The van der Waals surface area contributed by atoms with E-state index < -0.39 is 0 Å². The highest BCUT2D eigenvalue weighted by Crippen LogP contribution is 2.28. The smallest absolute Gasteiger partial charge is 0.260 e. The molecule has 0 spiro atoms. The van der Waals surface area contributed by atoms with Gasteiger partial charge in [-0.15, -0.1) is 0 Å². The number of halogens is 1. The lowest BCUT2D eigenvalue weighted by molar-refractivity contribution is -0.131. The molecular formula is C14H21ClN2O2. The topological polar surface area (TPSA) is 41.6 Å². The first-order valence-corrected chi connectivity index (χ1v) is 6.70. The summed E-state index contributed by atoms with van der Waals surface area (Å²) < 4.78 is 5.61. The van der Waals surface area contributed by atoms with E-state index in [1.807, 2.05) is 27.0 Å². The first kappa shape index (κ1) is 15.8. The van der Waals surface area contributed by atoms with E-state index in [-0.39, 0.29) is 18.6 Å². The van der Waals surface area contributed by atoms with Crippen LogP contribution in [0.2, 0.25) is 5.02 Å². The lowest BCUT2D eigenvalue weighted by Crippen LogP contribution is -2.31. The molecule has 5 heteroatoms. The largest absolute Gasteiger partial charge is 0.483 e. The van der Waals surface area contributed by atoms with Gasteiger partial charge in [0.05, 0.1) is 0 Å². The van der Waals surface area contributed by atoms with Gasteiger partial charge in [0.15, 0.2) is 6.61 Å². The van der Waals surface area contributed by atoms with Gasteiger partial charge in [-0.25, -0.2) is 0 Å². The van der Waals surface area contributed by atoms with Gasteiger partial charge in [-0.1, -0.05) is 11.6 Å². The number of carbonyl (C=O) groups excluding carboxylic acids is 1. The number of ether oxygens (including phenoxy) is 1. The van der Waals surface area contributed by atoms with Crippen LogP contribution in [0.25, 0.3) is 0 Å². The van der Waals surface area contributed by atoms with Crippen molar-refractivity contribution in [2.24, 2.45) is 0 Å². The molecule has 0 heterocycles. The molecule has 1 atom stereocenters. The molecule has 1 unspecified atom stereocenters. The highest BCUT2D eigenvalue weighted by Gasteiger charge is 2.13. The summed E-state index contributed by atoms with van der Waals surface area (Å²) in [6.45, 7) is 4.64. The first-order chi connectivity index (χ1) is 8.99. The summed E-state index contributed by atoms with van der Waals surface area (Å²) in [5, 5.41) is 3.79. The summed E-state index contributed by atoms with van der Waals surface area (Å²) in [5.41, 5.74) is 0.946. The minimum Gasteiger partial charge on any atom is -0.483 e. The monoisotopic (exact) mass is 284 g/mol. The maximum Gasteiger partial charge on any atom is 0.260 e. The molecule has 0 aliphatic heterocycles. The lowest BCUT2D eigenvalue weighted by Gasteiger charge is -2.19. The molecule has 4 nitrogen and oxygen atoms in total. The minimum absolute atomic E-state index is 0.0371. The predicted octanol–water partition coefficient (Wildman–Crippen LogP) is 2.48. The minimum atomic E-state index is -0.0412. The van der Waals surface area contributed by atoms with E-state index in [0.717, 1.165) is 5.56 Å². The average Bonchev–Trinajstić information content (AvgIpc) is 2.43. The van der Waals surface area contributed by atoms with Crippen molar-refractivity contribution in [3.05, 3.63) is 28.8 Å². The fourth-order valence-electron chi connectivity index (χ4n) is 1.57. The Hall–Kier alpha value is -1.26. The van der Waals surface area contributed by atoms with Crippen molar-refractivity contribution in [1.82, 2.24) is 10.2 Å². The van der Waals surface area contributed by atoms with Gasteiger partial charge in [0.1, 0.15) is 5.75 Å². The van der Waals surface area contributed by atoms with Crippen LogP contribution in [-0.4, -0.2) is 38.1 Å². The van der Waals surface area contributed by atoms with Gasteiger partial charge in [-0.2, -0.15) is 0 Å². The molecule has 0 radical (unpaired) electrons. The standard InChI is InChI=1S/C14H21ClN2O2/c1-5-17(4)14(18)9-19-13-7-6-11(15)8-12(13)10(2)16-3/h6-8,10,16H,5,9H2,1-4H3. The van der Waals surface area contributed by atoms with E-state index in [1.54, 1.807) is 24.1 Å². The highest BCUT2D eigenvalue weighted by atomic mass is 35.5. The van der Waals surface area contributed by atoms with Crippen molar-refractivity contribution >= 4 is 17.5 Å². The number of nitrogens with zero attached hydrogens (tertiary/aromatic N) is 1. The number of hydrogen-bond donors (Lipinski definition) is 1. The molecule has 0 aliphatic carbocycles. The number of likely N-dealkylation sites (N-methyl/N-ethyl adjacent to an activating group) is 1. The molecule has 0 bridgehead atoms. The average molecular weight is 285 g/mol. The van der Waals surface area contributed by atoms with Crippen LogP contribution < -0.4 is 10.1 Å². The Labute approximate surface area is 119 Å². The van der Waals surface area contributed by atoms with Crippen molar-refractivity contribution in [2.45, 2.75) is 19.9 Å². The normalized spacial score (nSPS) is 12.1. The van der Waals surface area contributed by atoms with E-state index in [2.05, 4.69) is 5.32 Å². The Balaban J connectivity index is 2.80. The quantitative estimate of drug-likeness (QED) is 0.873. The Morgan fingerprint density at radius 1 is 1.53 bits per heavy atom. The molecule has 1 aromatic carbocycles. The Kier molecular flexibility index (Phi) is 6.12. The zero-order valence-electron chi connectivity index (χ0n) is 11.9. The molecule has 1 N–H and O–H groups in total. The van der Waals surface area contributed by atoms with E-state index in [1.165, 1.54) is 0 Å². The summed E-state index contributed by atoms with van der Waals surface area (Å²) >= 11 is 5.99. The number of hydrogen-bond acceptors (Lipinski definition) is 3. The highest BCUT2D eigenvalue weighted by molar-refractivity contribution is 6.30. The SMILES string of the molecule is CCN(C)C(=O)COc1ccc(Cl)cc1C(C)NC. The van der Waals surface area contributed by atoms with Gasteiger partial charge in [-0.05, 0) is 39.1 Å².